The predicted molar refractivity (Wildman–Crippen MR) is 62.0 cm³/mol. The largest absolute Gasteiger partial charge is 0.285 e. The molecule has 0 spiro atoms. The van der Waals surface area contributed by atoms with Crippen molar-refractivity contribution >= 4 is 35.5 Å². The third-order valence-corrected chi connectivity index (χ3v) is 3.73. The van der Waals surface area contributed by atoms with E-state index >= 15 is 0 Å². The highest BCUT2D eigenvalue weighted by molar-refractivity contribution is 8.21. The fourth-order valence-electron chi connectivity index (χ4n) is 0.975. The van der Waals surface area contributed by atoms with Gasteiger partial charge >= 0.3 is 0 Å². The van der Waals surface area contributed by atoms with Gasteiger partial charge in [0, 0.05) is 9.81 Å². The molecule has 78 valence electrons. The summed E-state index contributed by atoms with van der Waals surface area (Å²) in [7, 11) is 0. The zero-order valence-corrected chi connectivity index (χ0v) is 10.3. The summed E-state index contributed by atoms with van der Waals surface area (Å²) in [5.41, 5.74) is 0.591. The number of rotatable bonds is 4. The number of hydrogen-bond acceptors (Lipinski definition) is 4. The molecule has 3 nitrogen and oxygen atoms in total. The van der Waals surface area contributed by atoms with Gasteiger partial charge in [-0.3, -0.25) is 4.79 Å². The molecule has 0 aliphatic rings. The van der Waals surface area contributed by atoms with Gasteiger partial charge in [-0.25, -0.2) is 4.79 Å². The van der Waals surface area contributed by atoms with Crippen LogP contribution in [0, 0.1) is 5.92 Å². The maximum atomic E-state index is 11.4. The Morgan fingerprint density at radius 1 is 1.29 bits per heavy atom. The van der Waals surface area contributed by atoms with Crippen molar-refractivity contribution in [3.05, 3.63) is 9.81 Å². The van der Waals surface area contributed by atoms with Crippen molar-refractivity contribution < 1.29 is 9.59 Å². The molecule has 0 aromatic rings. The number of nitrogens with zero attached hydrogens (tertiary/aromatic N) is 1. The lowest BCUT2D eigenvalue weighted by Crippen LogP contribution is -2.07. The molecule has 0 aromatic heterocycles. The van der Waals surface area contributed by atoms with Crippen LogP contribution in [0.5, 0.6) is 0 Å². The lowest BCUT2D eigenvalue weighted by molar-refractivity contribution is -0.114. The van der Waals surface area contributed by atoms with Crippen molar-refractivity contribution in [1.29, 1.82) is 0 Å². The molecule has 0 N–H and O–H groups in total. The summed E-state index contributed by atoms with van der Waals surface area (Å²) in [6.45, 7) is 3.81. The highest BCUT2D eigenvalue weighted by atomic mass is 32.2. The Morgan fingerprint density at radius 2 is 1.79 bits per heavy atom. The van der Waals surface area contributed by atoms with Gasteiger partial charge in [-0.05, 0) is 18.4 Å². The monoisotopic (exact) mass is 231 g/mol. The molecule has 0 unspecified atom stereocenters. The van der Waals surface area contributed by atoms with E-state index in [2.05, 4.69) is 4.99 Å². The molecule has 0 radical (unpaired) electrons. The molecule has 0 aliphatic carbocycles. The average Bonchev–Trinajstić information content (AvgIpc) is 2.13. The van der Waals surface area contributed by atoms with Crippen LogP contribution in [0.4, 0.5) is 0 Å². The van der Waals surface area contributed by atoms with Crippen molar-refractivity contribution in [2.24, 2.45) is 10.9 Å². The molecule has 0 aliphatic heterocycles. The van der Waals surface area contributed by atoms with Gasteiger partial charge in [0.15, 0.2) is 0 Å². The minimum Gasteiger partial charge on any atom is -0.266 e. The number of aliphatic imine (C=N–C) groups is 1. The second-order valence-electron chi connectivity index (χ2n) is 2.77. The molecule has 5 heteroatoms. The smallest absolute Gasteiger partial charge is 0.266 e. The van der Waals surface area contributed by atoms with Gasteiger partial charge in [0.2, 0.25) is 6.08 Å². The molecule has 0 bridgehead atoms. The van der Waals surface area contributed by atoms with E-state index in [-0.39, 0.29) is 5.92 Å². The van der Waals surface area contributed by atoms with Crippen LogP contribution < -0.4 is 0 Å². The van der Waals surface area contributed by atoms with Crippen LogP contribution in [0.15, 0.2) is 14.8 Å². The topological polar surface area (TPSA) is 46.5 Å². The standard InChI is InChI=1S/C9H13NO2S2/c1-6(2)7(8(12)10-5-11)9(13-3)14-4/h6H,1-4H3. The number of carbonyl (C=O) groups is 1. The van der Waals surface area contributed by atoms with Gasteiger partial charge in [0.1, 0.15) is 0 Å². The third kappa shape index (κ3) is 3.70. The fourth-order valence-corrected chi connectivity index (χ4v) is 2.73. The van der Waals surface area contributed by atoms with Gasteiger partial charge in [-0.15, -0.1) is 28.5 Å². The molecule has 14 heavy (non-hydrogen) atoms. The lowest BCUT2D eigenvalue weighted by atomic mass is 10.1. The zero-order valence-electron chi connectivity index (χ0n) is 8.66. The minimum absolute atomic E-state index is 0.0644. The van der Waals surface area contributed by atoms with E-state index in [9.17, 15) is 9.59 Å². The van der Waals surface area contributed by atoms with Crippen molar-refractivity contribution in [3.8, 4) is 0 Å². The van der Waals surface area contributed by atoms with Crippen LogP contribution in [-0.2, 0) is 9.59 Å². The van der Waals surface area contributed by atoms with Crippen LogP contribution in [0.2, 0.25) is 0 Å². The fraction of sp³-hybridized carbons (Fsp3) is 0.556. The Hall–Kier alpha value is -0.510. The zero-order chi connectivity index (χ0) is 11.1. The number of thioether (sulfide) groups is 2. The highest BCUT2D eigenvalue weighted by Gasteiger charge is 2.17. The van der Waals surface area contributed by atoms with Crippen LogP contribution in [0.25, 0.3) is 0 Å². The molecule has 0 fully saturated rings. The summed E-state index contributed by atoms with van der Waals surface area (Å²) in [6.07, 6.45) is 5.07. The first-order chi connectivity index (χ1) is 6.58. The number of isocyanates is 1. The molecule has 0 rings (SSSR count). The molecular formula is C9H13NO2S2. The van der Waals surface area contributed by atoms with Gasteiger partial charge in [-0.2, -0.15) is 0 Å². The van der Waals surface area contributed by atoms with Crippen molar-refractivity contribution in [2.75, 3.05) is 12.5 Å². The Bertz CT molecular complexity index is 285. The van der Waals surface area contributed by atoms with Crippen molar-refractivity contribution in [3.63, 3.8) is 0 Å². The molecule has 1 amide bonds. The van der Waals surface area contributed by atoms with Gasteiger partial charge < -0.3 is 0 Å². The summed E-state index contributed by atoms with van der Waals surface area (Å²) in [5, 5.41) is 0. The predicted octanol–water partition coefficient (Wildman–Crippen LogP) is 2.44. The first kappa shape index (κ1) is 13.5. The second-order valence-corrected chi connectivity index (χ2v) is 4.66. The van der Waals surface area contributed by atoms with Crippen molar-refractivity contribution in [1.82, 2.24) is 0 Å². The normalized spacial score (nSPS) is 9.50. The number of amides is 1. The van der Waals surface area contributed by atoms with E-state index in [0.29, 0.717) is 5.57 Å². The van der Waals surface area contributed by atoms with E-state index in [4.69, 9.17) is 0 Å². The number of hydrogen-bond donors (Lipinski definition) is 0. The van der Waals surface area contributed by atoms with E-state index in [1.165, 1.54) is 29.6 Å². The van der Waals surface area contributed by atoms with Crippen LogP contribution in [-0.4, -0.2) is 24.5 Å². The molecule has 0 saturated heterocycles. The van der Waals surface area contributed by atoms with Gasteiger partial charge in [0.25, 0.3) is 5.91 Å². The van der Waals surface area contributed by atoms with Crippen LogP contribution in [0.3, 0.4) is 0 Å². The molecule has 0 heterocycles. The summed E-state index contributed by atoms with van der Waals surface area (Å²) >= 11 is 2.98. The Kier molecular flexibility index (Phi) is 6.62. The van der Waals surface area contributed by atoms with Crippen LogP contribution >= 0.6 is 23.5 Å². The first-order valence-corrected chi connectivity index (χ1v) is 6.47. The second kappa shape index (κ2) is 6.87. The lowest BCUT2D eigenvalue weighted by Gasteiger charge is -2.10. The van der Waals surface area contributed by atoms with Crippen LogP contribution in [0.1, 0.15) is 13.8 Å². The van der Waals surface area contributed by atoms with E-state index in [1.54, 1.807) is 0 Å². The summed E-state index contributed by atoms with van der Waals surface area (Å²) in [4.78, 5) is 24.6. The quantitative estimate of drug-likeness (QED) is 0.423. The Balaban J connectivity index is 5.21. The molecule has 0 aromatic carbocycles. The van der Waals surface area contributed by atoms with E-state index < -0.39 is 5.91 Å². The number of carbonyl (C=O) groups excluding carboxylic acids is 2. The summed E-state index contributed by atoms with van der Waals surface area (Å²) in [5.74, 6) is -0.414. The van der Waals surface area contributed by atoms with Gasteiger partial charge in [0.05, 0.1) is 0 Å². The van der Waals surface area contributed by atoms with E-state index in [1.807, 2.05) is 26.4 Å². The Labute approximate surface area is 92.4 Å². The molecule has 0 saturated carbocycles. The third-order valence-electron chi connectivity index (χ3n) is 1.55. The average molecular weight is 231 g/mol. The maximum Gasteiger partial charge on any atom is 0.285 e. The summed E-state index contributed by atoms with van der Waals surface area (Å²) < 4.78 is 0.906. The van der Waals surface area contributed by atoms with Gasteiger partial charge in [-0.1, -0.05) is 13.8 Å². The summed E-state index contributed by atoms with van der Waals surface area (Å²) in [6, 6.07) is 0. The van der Waals surface area contributed by atoms with E-state index in [0.717, 1.165) is 4.24 Å². The first-order valence-electron chi connectivity index (χ1n) is 4.02. The van der Waals surface area contributed by atoms with Crippen molar-refractivity contribution in [2.45, 2.75) is 13.8 Å². The minimum atomic E-state index is -0.478. The highest BCUT2D eigenvalue weighted by Crippen LogP contribution is 2.31. The molecular weight excluding hydrogens is 218 g/mol. The molecule has 0 atom stereocenters. The Morgan fingerprint density at radius 3 is 2.07 bits per heavy atom. The SMILES string of the molecule is CSC(SC)=C(C(=O)N=C=O)C(C)C. The maximum absolute atomic E-state index is 11.4.